The first-order valence-corrected chi connectivity index (χ1v) is 7.34. The molecule has 0 aliphatic heterocycles. The van der Waals surface area contributed by atoms with Gasteiger partial charge < -0.3 is 14.5 Å². The van der Waals surface area contributed by atoms with Gasteiger partial charge in [0.25, 0.3) is 5.91 Å². The molecular formula is C16H21F3N2O3. The highest BCUT2D eigenvalue weighted by atomic mass is 19.4. The predicted octanol–water partition coefficient (Wildman–Crippen LogP) is 2.49. The fraction of sp³-hybridized carbons (Fsp3) is 0.500. The molecule has 0 heterocycles. The van der Waals surface area contributed by atoms with Gasteiger partial charge in [0.05, 0.1) is 6.61 Å². The summed E-state index contributed by atoms with van der Waals surface area (Å²) in [6.45, 7) is 1.80. The molecule has 8 heteroatoms. The number of benzene rings is 1. The third-order valence-corrected chi connectivity index (χ3v) is 3.20. The number of hydrogen-bond donors (Lipinski definition) is 0. The largest absolute Gasteiger partial charge is 0.494 e. The molecule has 0 bridgehead atoms. The Morgan fingerprint density at radius 1 is 1.21 bits per heavy atom. The van der Waals surface area contributed by atoms with Crippen LogP contribution < -0.4 is 4.74 Å². The fourth-order valence-electron chi connectivity index (χ4n) is 2.00. The van der Waals surface area contributed by atoms with E-state index in [2.05, 4.69) is 0 Å². The van der Waals surface area contributed by atoms with Gasteiger partial charge in [0.15, 0.2) is 0 Å². The average molecular weight is 346 g/mol. The third-order valence-electron chi connectivity index (χ3n) is 3.20. The lowest BCUT2D eigenvalue weighted by molar-refractivity contribution is -0.146. The van der Waals surface area contributed by atoms with Crippen LogP contribution in [0.25, 0.3) is 0 Å². The molecule has 0 N–H and O–H groups in total. The van der Waals surface area contributed by atoms with Gasteiger partial charge in [-0.25, -0.2) is 0 Å². The maximum absolute atomic E-state index is 12.7. The van der Waals surface area contributed by atoms with Gasteiger partial charge in [-0.2, -0.15) is 13.2 Å². The molecule has 0 radical (unpaired) electrons. The van der Waals surface area contributed by atoms with Gasteiger partial charge in [0.2, 0.25) is 5.91 Å². The number of halogens is 3. The van der Waals surface area contributed by atoms with Crippen molar-refractivity contribution in [3.05, 3.63) is 29.3 Å². The monoisotopic (exact) mass is 346 g/mol. The number of hydrogen-bond acceptors (Lipinski definition) is 3. The molecule has 24 heavy (non-hydrogen) atoms. The van der Waals surface area contributed by atoms with E-state index in [0.717, 1.165) is 4.90 Å². The molecule has 1 aromatic rings. The summed E-state index contributed by atoms with van der Waals surface area (Å²) in [6, 6.07) is 4.38. The number of amides is 2. The Morgan fingerprint density at radius 3 is 2.29 bits per heavy atom. The van der Waals surface area contributed by atoms with E-state index in [-0.39, 0.29) is 5.56 Å². The fourth-order valence-corrected chi connectivity index (χ4v) is 2.00. The van der Waals surface area contributed by atoms with E-state index < -0.39 is 31.1 Å². The zero-order chi connectivity index (χ0) is 18.5. The predicted molar refractivity (Wildman–Crippen MR) is 83.0 cm³/mol. The van der Waals surface area contributed by atoms with Crippen LogP contribution in [-0.4, -0.2) is 61.6 Å². The highest BCUT2D eigenvalue weighted by molar-refractivity contribution is 5.96. The lowest BCUT2D eigenvalue weighted by atomic mass is 10.1. The summed E-state index contributed by atoms with van der Waals surface area (Å²) >= 11 is 0. The maximum Gasteiger partial charge on any atom is 0.406 e. The first-order valence-electron chi connectivity index (χ1n) is 7.34. The Kier molecular flexibility index (Phi) is 6.62. The van der Waals surface area contributed by atoms with Crippen LogP contribution in [0.1, 0.15) is 22.8 Å². The third kappa shape index (κ3) is 5.75. The summed E-state index contributed by atoms with van der Waals surface area (Å²) in [5.41, 5.74) is 0.709. The first kappa shape index (κ1) is 19.8. The lowest BCUT2D eigenvalue weighted by Crippen LogP contribution is -2.44. The Morgan fingerprint density at radius 2 is 1.83 bits per heavy atom. The highest BCUT2D eigenvalue weighted by Gasteiger charge is 2.34. The molecule has 0 saturated carbocycles. The zero-order valence-corrected chi connectivity index (χ0v) is 14.1. The van der Waals surface area contributed by atoms with Crippen molar-refractivity contribution in [1.82, 2.24) is 9.80 Å². The summed E-state index contributed by atoms with van der Waals surface area (Å²) in [5.74, 6) is -0.885. The summed E-state index contributed by atoms with van der Waals surface area (Å²) in [5, 5.41) is 0. The molecule has 5 nitrogen and oxygen atoms in total. The second-order valence-electron chi connectivity index (χ2n) is 5.48. The van der Waals surface area contributed by atoms with Crippen LogP contribution in [0.2, 0.25) is 0 Å². The minimum absolute atomic E-state index is 0.0757. The van der Waals surface area contributed by atoms with Gasteiger partial charge in [0.1, 0.15) is 18.8 Å². The Labute approximate surface area is 139 Å². The standard InChI is InChI=1S/C16H21F3N2O3/c1-5-24-13-7-6-12(8-11(13)2)15(23)21(10-16(17,18)19)9-14(22)20(3)4/h6-8H,5,9-10H2,1-4H3. The van der Waals surface area contributed by atoms with E-state index in [0.29, 0.717) is 22.8 Å². The quantitative estimate of drug-likeness (QED) is 0.795. The Hall–Kier alpha value is -2.25. The molecule has 0 spiro atoms. The van der Waals surface area contributed by atoms with Crippen molar-refractivity contribution >= 4 is 11.8 Å². The number of rotatable bonds is 6. The van der Waals surface area contributed by atoms with E-state index >= 15 is 0 Å². The minimum Gasteiger partial charge on any atom is -0.494 e. The molecule has 0 fully saturated rings. The number of carbonyl (C=O) groups excluding carboxylic acids is 2. The van der Waals surface area contributed by atoms with Gasteiger partial charge in [0, 0.05) is 19.7 Å². The second-order valence-corrected chi connectivity index (χ2v) is 5.48. The zero-order valence-electron chi connectivity index (χ0n) is 14.1. The smallest absolute Gasteiger partial charge is 0.406 e. The van der Waals surface area contributed by atoms with Crippen LogP contribution in [0, 0.1) is 6.92 Å². The maximum atomic E-state index is 12.7. The SMILES string of the molecule is CCOc1ccc(C(=O)N(CC(=O)N(C)C)CC(F)(F)F)cc1C. The molecule has 0 unspecified atom stereocenters. The van der Waals surface area contributed by atoms with Crippen molar-refractivity contribution in [1.29, 1.82) is 0 Å². The first-order chi connectivity index (χ1) is 11.0. The van der Waals surface area contributed by atoms with Crippen LogP contribution in [0.15, 0.2) is 18.2 Å². The Balaban J connectivity index is 3.06. The van der Waals surface area contributed by atoms with E-state index in [1.807, 2.05) is 0 Å². The molecule has 0 aromatic heterocycles. The van der Waals surface area contributed by atoms with Crippen LogP contribution in [-0.2, 0) is 4.79 Å². The van der Waals surface area contributed by atoms with E-state index in [9.17, 15) is 22.8 Å². The summed E-state index contributed by atoms with van der Waals surface area (Å²) in [6.07, 6.45) is -4.59. The molecule has 1 aromatic carbocycles. The summed E-state index contributed by atoms with van der Waals surface area (Å²) < 4.78 is 43.6. The van der Waals surface area contributed by atoms with Gasteiger partial charge >= 0.3 is 6.18 Å². The second kappa shape index (κ2) is 8.03. The average Bonchev–Trinajstić information content (AvgIpc) is 2.46. The highest BCUT2D eigenvalue weighted by Crippen LogP contribution is 2.22. The normalized spacial score (nSPS) is 11.1. The molecule has 0 atom stereocenters. The molecule has 0 aliphatic rings. The number of alkyl halides is 3. The van der Waals surface area contributed by atoms with Crippen molar-refractivity contribution in [2.24, 2.45) is 0 Å². The number of carbonyl (C=O) groups is 2. The van der Waals surface area contributed by atoms with Gasteiger partial charge in [-0.1, -0.05) is 0 Å². The Bertz CT molecular complexity index is 601. The van der Waals surface area contributed by atoms with E-state index in [4.69, 9.17) is 4.74 Å². The number of nitrogens with zero attached hydrogens (tertiary/aromatic N) is 2. The van der Waals surface area contributed by atoms with Crippen molar-refractivity contribution in [3.63, 3.8) is 0 Å². The summed E-state index contributed by atoms with van der Waals surface area (Å²) in [4.78, 5) is 25.8. The number of likely N-dealkylation sites (N-methyl/N-ethyl adjacent to an activating group) is 1. The minimum atomic E-state index is -4.59. The van der Waals surface area contributed by atoms with Gasteiger partial charge in [-0.3, -0.25) is 9.59 Å². The lowest BCUT2D eigenvalue weighted by Gasteiger charge is -2.25. The molecular weight excluding hydrogens is 325 g/mol. The molecule has 0 saturated heterocycles. The van der Waals surface area contributed by atoms with Crippen molar-refractivity contribution in [3.8, 4) is 5.75 Å². The topological polar surface area (TPSA) is 49.9 Å². The van der Waals surface area contributed by atoms with Crippen LogP contribution in [0.5, 0.6) is 5.75 Å². The molecule has 134 valence electrons. The molecule has 1 rings (SSSR count). The van der Waals surface area contributed by atoms with Gasteiger partial charge in [-0.15, -0.1) is 0 Å². The van der Waals surface area contributed by atoms with Gasteiger partial charge in [-0.05, 0) is 37.6 Å². The van der Waals surface area contributed by atoms with Crippen molar-refractivity contribution in [2.45, 2.75) is 20.0 Å². The summed E-state index contributed by atoms with van der Waals surface area (Å²) in [7, 11) is 2.83. The van der Waals surface area contributed by atoms with Crippen molar-refractivity contribution in [2.75, 3.05) is 33.8 Å². The van der Waals surface area contributed by atoms with E-state index in [1.165, 1.54) is 32.3 Å². The van der Waals surface area contributed by atoms with Crippen LogP contribution in [0.3, 0.4) is 0 Å². The van der Waals surface area contributed by atoms with E-state index in [1.54, 1.807) is 13.8 Å². The van der Waals surface area contributed by atoms with Crippen LogP contribution >= 0.6 is 0 Å². The van der Waals surface area contributed by atoms with Crippen molar-refractivity contribution < 1.29 is 27.5 Å². The molecule has 2 amide bonds. The molecule has 0 aliphatic carbocycles. The number of aryl methyl sites for hydroxylation is 1. The number of ether oxygens (including phenoxy) is 1. The van der Waals surface area contributed by atoms with Crippen LogP contribution in [0.4, 0.5) is 13.2 Å².